The molecule has 0 N–H and O–H groups in total. The highest BCUT2D eigenvalue weighted by Gasteiger charge is 2.43. The van der Waals surface area contributed by atoms with Crippen LogP contribution >= 0.6 is 0 Å². The predicted octanol–water partition coefficient (Wildman–Crippen LogP) is 2.14. The maximum atomic E-state index is 13.1. The Labute approximate surface area is 138 Å². The second-order valence-electron chi connectivity index (χ2n) is 7.11. The third-order valence-electron chi connectivity index (χ3n) is 4.66. The van der Waals surface area contributed by atoms with Crippen molar-refractivity contribution in [3.63, 3.8) is 0 Å². The van der Waals surface area contributed by atoms with Gasteiger partial charge in [0, 0.05) is 26.2 Å². The lowest BCUT2D eigenvalue weighted by Gasteiger charge is -2.32. The van der Waals surface area contributed by atoms with E-state index in [0.717, 1.165) is 51.2 Å². The van der Waals surface area contributed by atoms with Crippen LogP contribution in [0.5, 0.6) is 0 Å². The minimum absolute atomic E-state index is 0.183. The van der Waals surface area contributed by atoms with Gasteiger partial charge in [-0.05, 0) is 44.6 Å². The number of hydrogen-bond donors (Lipinski definition) is 0. The zero-order chi connectivity index (χ0) is 16.3. The van der Waals surface area contributed by atoms with E-state index < -0.39 is 0 Å². The molecule has 128 valence electrons. The molecular weight excluding hydrogens is 295 g/mol. The molecule has 5 heteroatoms. The number of ether oxygens (including phenoxy) is 2. The van der Waals surface area contributed by atoms with Gasteiger partial charge < -0.3 is 14.4 Å². The Kier molecular flexibility index (Phi) is 5.31. The van der Waals surface area contributed by atoms with Crippen LogP contribution in [0.3, 0.4) is 0 Å². The van der Waals surface area contributed by atoms with Crippen molar-refractivity contribution in [3.05, 3.63) is 35.6 Å². The van der Waals surface area contributed by atoms with Crippen molar-refractivity contribution in [2.75, 3.05) is 46.9 Å². The van der Waals surface area contributed by atoms with Crippen LogP contribution in [0.25, 0.3) is 0 Å². The first kappa shape index (κ1) is 16.8. The van der Waals surface area contributed by atoms with Crippen LogP contribution < -0.4 is 0 Å². The van der Waals surface area contributed by atoms with Crippen molar-refractivity contribution in [1.29, 1.82) is 0 Å². The van der Waals surface area contributed by atoms with E-state index in [1.807, 2.05) is 12.1 Å². The minimum Gasteiger partial charge on any atom is -0.377 e. The first-order chi connectivity index (χ1) is 11.0. The van der Waals surface area contributed by atoms with E-state index in [1.165, 1.54) is 12.1 Å². The number of nitrogens with zero attached hydrogens (tertiary/aromatic N) is 2. The molecule has 2 fully saturated rings. The highest BCUT2D eigenvalue weighted by molar-refractivity contribution is 5.16. The van der Waals surface area contributed by atoms with Gasteiger partial charge in [-0.15, -0.1) is 0 Å². The SMILES string of the molecule is CN(C)C[C@H]1CC[C@@]2(COCCN(Cc3ccc(F)cc3)C2)O1. The van der Waals surface area contributed by atoms with Gasteiger partial charge in [-0.1, -0.05) is 12.1 Å². The molecule has 2 aliphatic rings. The summed E-state index contributed by atoms with van der Waals surface area (Å²) in [5.41, 5.74) is 0.947. The molecule has 0 radical (unpaired) electrons. The predicted molar refractivity (Wildman–Crippen MR) is 87.9 cm³/mol. The molecule has 2 atom stereocenters. The van der Waals surface area contributed by atoms with Gasteiger partial charge in [0.2, 0.25) is 0 Å². The molecule has 2 saturated heterocycles. The van der Waals surface area contributed by atoms with E-state index in [9.17, 15) is 4.39 Å². The Hall–Kier alpha value is -1.01. The third-order valence-corrected chi connectivity index (χ3v) is 4.66. The first-order valence-electron chi connectivity index (χ1n) is 8.42. The van der Waals surface area contributed by atoms with Gasteiger partial charge in [-0.25, -0.2) is 4.39 Å². The fourth-order valence-electron chi connectivity index (χ4n) is 3.62. The quantitative estimate of drug-likeness (QED) is 0.848. The van der Waals surface area contributed by atoms with Crippen molar-refractivity contribution >= 4 is 0 Å². The number of rotatable bonds is 4. The monoisotopic (exact) mass is 322 g/mol. The van der Waals surface area contributed by atoms with Crippen molar-refractivity contribution in [3.8, 4) is 0 Å². The molecule has 4 nitrogen and oxygen atoms in total. The summed E-state index contributed by atoms with van der Waals surface area (Å²) in [5.74, 6) is -0.185. The third kappa shape index (κ3) is 4.51. The standard InChI is InChI=1S/C18H27FN2O2/c1-20(2)12-17-7-8-18(23-17)13-21(9-10-22-14-18)11-15-3-5-16(19)6-4-15/h3-6,17H,7-14H2,1-2H3/t17-,18-/m1/s1. The molecule has 23 heavy (non-hydrogen) atoms. The Morgan fingerprint density at radius 2 is 2.09 bits per heavy atom. The lowest BCUT2D eigenvalue weighted by atomic mass is 9.99. The lowest BCUT2D eigenvalue weighted by Crippen LogP contribution is -2.45. The van der Waals surface area contributed by atoms with Crippen LogP contribution in [0.1, 0.15) is 18.4 Å². The Bertz CT molecular complexity index is 508. The summed E-state index contributed by atoms with van der Waals surface area (Å²) in [6.45, 7) is 4.95. The molecule has 2 heterocycles. The van der Waals surface area contributed by atoms with Crippen LogP contribution in [0.4, 0.5) is 4.39 Å². The summed E-state index contributed by atoms with van der Waals surface area (Å²) < 4.78 is 25.3. The topological polar surface area (TPSA) is 24.9 Å². The van der Waals surface area contributed by atoms with Crippen LogP contribution in [-0.4, -0.2) is 68.4 Å². The number of likely N-dealkylation sites (N-methyl/N-ethyl adjacent to an activating group) is 1. The largest absolute Gasteiger partial charge is 0.377 e. The Morgan fingerprint density at radius 1 is 1.30 bits per heavy atom. The number of hydrogen-bond acceptors (Lipinski definition) is 4. The second-order valence-corrected chi connectivity index (χ2v) is 7.11. The normalized spacial score (nSPS) is 29.3. The van der Waals surface area contributed by atoms with Crippen LogP contribution in [0.2, 0.25) is 0 Å². The van der Waals surface area contributed by atoms with Crippen LogP contribution in [0.15, 0.2) is 24.3 Å². The Balaban J connectivity index is 1.63. The first-order valence-corrected chi connectivity index (χ1v) is 8.42. The van der Waals surface area contributed by atoms with Gasteiger partial charge in [0.25, 0.3) is 0 Å². The van der Waals surface area contributed by atoms with Crippen molar-refractivity contribution in [1.82, 2.24) is 9.80 Å². The van der Waals surface area contributed by atoms with E-state index >= 15 is 0 Å². The molecule has 1 aromatic carbocycles. The summed E-state index contributed by atoms with van der Waals surface area (Å²) in [7, 11) is 4.16. The molecule has 3 rings (SSSR count). The fourth-order valence-corrected chi connectivity index (χ4v) is 3.62. The van der Waals surface area contributed by atoms with Crippen molar-refractivity contribution in [2.24, 2.45) is 0 Å². The highest BCUT2D eigenvalue weighted by atomic mass is 19.1. The maximum Gasteiger partial charge on any atom is 0.123 e. The average Bonchev–Trinajstić information content (AvgIpc) is 2.76. The zero-order valence-corrected chi connectivity index (χ0v) is 14.1. The number of halogens is 1. The van der Waals surface area contributed by atoms with Gasteiger partial charge in [-0.2, -0.15) is 0 Å². The summed E-state index contributed by atoms with van der Waals surface area (Å²) in [4.78, 5) is 4.55. The van der Waals surface area contributed by atoms with E-state index in [4.69, 9.17) is 9.47 Å². The van der Waals surface area contributed by atoms with E-state index in [1.54, 1.807) is 0 Å². The van der Waals surface area contributed by atoms with Crippen molar-refractivity contribution in [2.45, 2.75) is 31.1 Å². The van der Waals surface area contributed by atoms with Gasteiger partial charge in [0.15, 0.2) is 0 Å². The molecule has 1 spiro atoms. The molecule has 0 saturated carbocycles. The summed E-state index contributed by atoms with van der Waals surface area (Å²) in [5, 5.41) is 0. The minimum atomic E-state index is -0.185. The van der Waals surface area contributed by atoms with Gasteiger partial charge in [0.05, 0.1) is 19.3 Å². The van der Waals surface area contributed by atoms with Crippen molar-refractivity contribution < 1.29 is 13.9 Å². The van der Waals surface area contributed by atoms with E-state index in [2.05, 4.69) is 23.9 Å². The number of benzene rings is 1. The summed E-state index contributed by atoms with van der Waals surface area (Å²) in [6, 6.07) is 6.77. The van der Waals surface area contributed by atoms with Gasteiger partial charge >= 0.3 is 0 Å². The van der Waals surface area contributed by atoms with Crippen LogP contribution in [0, 0.1) is 5.82 Å². The molecular formula is C18H27FN2O2. The van der Waals surface area contributed by atoms with E-state index in [-0.39, 0.29) is 11.4 Å². The second kappa shape index (κ2) is 7.26. The highest BCUT2D eigenvalue weighted by Crippen LogP contribution is 2.33. The maximum absolute atomic E-state index is 13.1. The fraction of sp³-hybridized carbons (Fsp3) is 0.667. The molecule has 0 aromatic heterocycles. The molecule has 0 aliphatic carbocycles. The molecule has 0 bridgehead atoms. The Morgan fingerprint density at radius 3 is 2.83 bits per heavy atom. The smallest absolute Gasteiger partial charge is 0.123 e. The summed E-state index contributed by atoms with van der Waals surface area (Å²) in [6.07, 6.45) is 2.43. The molecule has 0 amide bonds. The van der Waals surface area contributed by atoms with E-state index in [0.29, 0.717) is 12.7 Å². The van der Waals surface area contributed by atoms with Gasteiger partial charge in [0.1, 0.15) is 11.4 Å². The molecule has 2 aliphatic heterocycles. The lowest BCUT2D eigenvalue weighted by molar-refractivity contribution is -0.0902. The molecule has 1 aromatic rings. The zero-order valence-electron chi connectivity index (χ0n) is 14.1. The average molecular weight is 322 g/mol. The summed E-state index contributed by atoms with van der Waals surface area (Å²) >= 11 is 0. The van der Waals surface area contributed by atoms with Crippen LogP contribution in [-0.2, 0) is 16.0 Å². The molecule has 0 unspecified atom stereocenters. The van der Waals surface area contributed by atoms with Gasteiger partial charge in [-0.3, -0.25) is 4.90 Å².